The molecular formula is C25H21BrN2O3S. The molecule has 0 spiro atoms. The first-order valence-electron chi connectivity index (χ1n) is 9.71. The lowest BCUT2D eigenvalue weighted by molar-refractivity contribution is -0.113. The first kappa shape index (κ1) is 23.5. The fourth-order valence-electron chi connectivity index (χ4n) is 3.09. The van der Waals surface area contributed by atoms with Crippen LogP contribution in [0.2, 0.25) is 0 Å². The Morgan fingerprint density at radius 2 is 1.59 bits per heavy atom. The lowest BCUT2D eigenvalue weighted by atomic mass is 10.2. The summed E-state index contributed by atoms with van der Waals surface area (Å²) in [6.07, 6.45) is 1.74. The molecule has 7 heteroatoms. The van der Waals surface area contributed by atoms with Crippen LogP contribution in [0.25, 0.3) is 6.08 Å². The summed E-state index contributed by atoms with van der Waals surface area (Å²) < 4.78 is 5.18. The average Bonchev–Trinajstić information content (AvgIpc) is 3.14. The van der Waals surface area contributed by atoms with E-state index in [1.807, 2.05) is 72.8 Å². The molecule has 4 rings (SSSR count). The maximum atomic E-state index is 13.2. The number of para-hydroxylation sites is 1. The van der Waals surface area contributed by atoms with Crippen molar-refractivity contribution >= 4 is 57.4 Å². The molecule has 5 nitrogen and oxygen atoms in total. The van der Waals surface area contributed by atoms with Crippen LogP contribution in [-0.2, 0) is 4.79 Å². The first-order valence-corrected chi connectivity index (χ1v) is 10.7. The highest BCUT2D eigenvalue weighted by molar-refractivity contribution is 8.93. The number of rotatable bonds is 6. The molecule has 1 heterocycles. The predicted octanol–water partition coefficient (Wildman–Crippen LogP) is 5.63. The number of hydrogen-bond donors (Lipinski definition) is 0. The van der Waals surface area contributed by atoms with Gasteiger partial charge in [-0.25, -0.2) is 4.99 Å². The average molecular weight is 509 g/mol. The van der Waals surface area contributed by atoms with Crippen LogP contribution in [0.1, 0.15) is 15.9 Å². The van der Waals surface area contributed by atoms with Gasteiger partial charge in [-0.15, -0.1) is 17.0 Å². The third-order valence-electron chi connectivity index (χ3n) is 4.69. The Morgan fingerprint density at radius 1 is 0.969 bits per heavy atom. The van der Waals surface area contributed by atoms with Crippen LogP contribution in [0.15, 0.2) is 95.6 Å². The Bertz CT molecular complexity index is 1150. The van der Waals surface area contributed by atoms with Crippen LogP contribution < -0.4 is 9.64 Å². The van der Waals surface area contributed by atoms with E-state index in [9.17, 15) is 9.59 Å². The third kappa shape index (κ3) is 5.36. The molecule has 1 aliphatic rings. The van der Waals surface area contributed by atoms with Gasteiger partial charge in [0.15, 0.2) is 11.0 Å². The van der Waals surface area contributed by atoms with Gasteiger partial charge >= 0.3 is 0 Å². The molecule has 0 N–H and O–H groups in total. The summed E-state index contributed by atoms with van der Waals surface area (Å²) in [5.41, 5.74) is 2.51. The Hall–Kier alpha value is -3.16. The number of benzene rings is 3. The molecule has 0 saturated carbocycles. The van der Waals surface area contributed by atoms with Crippen LogP contribution in [0, 0.1) is 0 Å². The van der Waals surface area contributed by atoms with Crippen molar-refractivity contribution in [3.63, 3.8) is 0 Å². The molecule has 3 aromatic rings. The number of amidine groups is 1. The SMILES string of the molecule is Br.COc1ccc(/C=C2/N=C(SCC(=O)c3ccccc3)N(c3ccccc3)C2=O)cc1. The normalized spacial score (nSPS) is 14.2. The molecular weight excluding hydrogens is 488 g/mol. The topological polar surface area (TPSA) is 59.0 Å². The van der Waals surface area contributed by atoms with Gasteiger partial charge in [0, 0.05) is 5.56 Å². The van der Waals surface area contributed by atoms with Gasteiger partial charge in [0.2, 0.25) is 0 Å². The highest BCUT2D eigenvalue weighted by Gasteiger charge is 2.32. The molecule has 162 valence electrons. The van der Waals surface area contributed by atoms with Gasteiger partial charge < -0.3 is 4.74 Å². The fraction of sp³-hybridized carbons (Fsp3) is 0.0800. The van der Waals surface area contributed by atoms with Crippen molar-refractivity contribution in [3.8, 4) is 5.75 Å². The Kier molecular flexibility index (Phi) is 8.03. The predicted molar refractivity (Wildman–Crippen MR) is 136 cm³/mol. The number of carbonyl (C=O) groups is 2. The van der Waals surface area contributed by atoms with Crippen LogP contribution in [0.4, 0.5) is 5.69 Å². The minimum atomic E-state index is -0.225. The van der Waals surface area contributed by atoms with Crippen LogP contribution in [-0.4, -0.2) is 29.7 Å². The molecule has 0 unspecified atom stereocenters. The van der Waals surface area contributed by atoms with E-state index in [4.69, 9.17) is 4.74 Å². The van der Waals surface area contributed by atoms with E-state index in [-0.39, 0.29) is 34.4 Å². The molecule has 0 fully saturated rings. The van der Waals surface area contributed by atoms with E-state index in [2.05, 4.69) is 4.99 Å². The molecule has 0 aliphatic carbocycles. The molecule has 32 heavy (non-hydrogen) atoms. The van der Waals surface area contributed by atoms with Crippen molar-refractivity contribution in [1.29, 1.82) is 0 Å². The zero-order valence-corrected chi connectivity index (χ0v) is 19.8. The van der Waals surface area contributed by atoms with Crippen LogP contribution in [0.3, 0.4) is 0 Å². The minimum Gasteiger partial charge on any atom is -0.497 e. The minimum absolute atomic E-state index is 0. The monoisotopic (exact) mass is 508 g/mol. The number of Topliss-reactive ketones (excluding diaryl/α,β-unsaturated/α-hetero) is 1. The lowest BCUT2D eigenvalue weighted by Crippen LogP contribution is -2.30. The summed E-state index contributed by atoms with van der Waals surface area (Å²) in [7, 11) is 1.61. The number of halogens is 1. The largest absolute Gasteiger partial charge is 0.497 e. The number of hydrogen-bond acceptors (Lipinski definition) is 5. The lowest BCUT2D eigenvalue weighted by Gasteiger charge is -2.17. The summed E-state index contributed by atoms with van der Waals surface area (Å²) in [5.74, 6) is 0.693. The number of methoxy groups -OCH3 is 1. The second-order valence-electron chi connectivity index (χ2n) is 6.75. The molecule has 1 aliphatic heterocycles. The van der Waals surface area contributed by atoms with Gasteiger partial charge in [-0.2, -0.15) is 0 Å². The van der Waals surface area contributed by atoms with Crippen molar-refractivity contribution in [2.45, 2.75) is 0 Å². The van der Waals surface area contributed by atoms with Gasteiger partial charge in [-0.3, -0.25) is 14.5 Å². The molecule has 0 saturated heterocycles. The van der Waals surface area contributed by atoms with Gasteiger partial charge in [0.1, 0.15) is 11.4 Å². The Balaban J connectivity index is 0.00000289. The summed E-state index contributed by atoms with van der Waals surface area (Å²) in [5, 5.41) is 0.486. The quantitative estimate of drug-likeness (QED) is 0.319. The number of ether oxygens (including phenoxy) is 1. The van der Waals surface area contributed by atoms with E-state index in [1.54, 1.807) is 30.2 Å². The zero-order valence-electron chi connectivity index (χ0n) is 17.3. The summed E-state index contributed by atoms with van der Waals surface area (Å²) in [6.45, 7) is 0. The van der Waals surface area contributed by atoms with E-state index < -0.39 is 0 Å². The highest BCUT2D eigenvalue weighted by Crippen LogP contribution is 2.29. The molecule has 0 atom stereocenters. The van der Waals surface area contributed by atoms with Crippen molar-refractivity contribution in [2.24, 2.45) is 4.99 Å². The number of amides is 1. The zero-order chi connectivity index (χ0) is 21.6. The number of carbonyl (C=O) groups excluding carboxylic acids is 2. The number of anilines is 1. The first-order chi connectivity index (χ1) is 15.2. The van der Waals surface area contributed by atoms with E-state index in [0.717, 1.165) is 11.3 Å². The maximum Gasteiger partial charge on any atom is 0.283 e. The smallest absolute Gasteiger partial charge is 0.283 e. The van der Waals surface area contributed by atoms with E-state index >= 15 is 0 Å². The van der Waals surface area contributed by atoms with Gasteiger partial charge in [0.25, 0.3) is 5.91 Å². The molecule has 0 aromatic heterocycles. The number of thioether (sulfide) groups is 1. The van der Waals surface area contributed by atoms with Gasteiger partial charge in [-0.1, -0.05) is 72.4 Å². The van der Waals surface area contributed by atoms with E-state index in [0.29, 0.717) is 22.1 Å². The van der Waals surface area contributed by atoms with Crippen molar-refractivity contribution in [1.82, 2.24) is 0 Å². The number of nitrogens with zero attached hydrogens (tertiary/aromatic N) is 2. The van der Waals surface area contributed by atoms with Crippen molar-refractivity contribution in [3.05, 3.63) is 102 Å². The highest BCUT2D eigenvalue weighted by atomic mass is 79.9. The van der Waals surface area contributed by atoms with Crippen LogP contribution >= 0.6 is 28.7 Å². The molecule has 3 aromatic carbocycles. The fourth-order valence-corrected chi connectivity index (χ4v) is 4.00. The van der Waals surface area contributed by atoms with E-state index in [1.165, 1.54) is 11.8 Å². The third-order valence-corrected chi connectivity index (χ3v) is 5.63. The second-order valence-corrected chi connectivity index (χ2v) is 7.69. The van der Waals surface area contributed by atoms with Crippen molar-refractivity contribution in [2.75, 3.05) is 17.8 Å². The maximum absolute atomic E-state index is 13.2. The Morgan fingerprint density at radius 3 is 2.22 bits per heavy atom. The standard InChI is InChI=1S/C25H20N2O3S.BrH/c1-30-21-14-12-18(13-15-21)16-22-24(29)27(20-10-6-3-7-11-20)25(26-22)31-17-23(28)19-8-4-2-5-9-19;/h2-16H,17H2,1H3;1H/b22-16+;. The van der Waals surface area contributed by atoms with Gasteiger partial charge in [0.05, 0.1) is 18.6 Å². The number of ketones is 1. The van der Waals surface area contributed by atoms with Crippen LogP contribution in [0.5, 0.6) is 5.75 Å². The summed E-state index contributed by atoms with van der Waals surface area (Å²) in [6, 6.07) is 25.8. The number of aliphatic imine (C=N–C) groups is 1. The summed E-state index contributed by atoms with van der Waals surface area (Å²) in [4.78, 5) is 31.8. The Labute approximate surface area is 201 Å². The summed E-state index contributed by atoms with van der Waals surface area (Å²) >= 11 is 1.26. The molecule has 1 amide bonds. The molecule has 0 bridgehead atoms. The van der Waals surface area contributed by atoms with Crippen molar-refractivity contribution < 1.29 is 14.3 Å². The van der Waals surface area contributed by atoms with Gasteiger partial charge in [-0.05, 0) is 35.9 Å². The second kappa shape index (κ2) is 10.9. The molecule has 0 radical (unpaired) electrons.